The molecule has 0 aliphatic carbocycles. The number of carbonyl (C=O) groups is 2. The molecule has 3 rings (SSSR count). The summed E-state index contributed by atoms with van der Waals surface area (Å²) in [5.74, 6) is 0.251. The zero-order valence-corrected chi connectivity index (χ0v) is 14.0. The topological polar surface area (TPSA) is 90.0 Å². The van der Waals surface area contributed by atoms with Crippen LogP contribution in [0.25, 0.3) is 11.5 Å². The normalized spacial score (nSPS) is 10.6. The minimum Gasteiger partial charge on any atom is -0.345 e. The third kappa shape index (κ3) is 3.50. The molecular weight excluding hydrogens is 320 g/mol. The van der Waals surface area contributed by atoms with Crippen molar-refractivity contribution in [3.63, 3.8) is 0 Å². The highest BCUT2D eigenvalue weighted by molar-refractivity contribution is 6.07. The average molecular weight is 338 g/mol. The predicted molar refractivity (Wildman–Crippen MR) is 91.0 cm³/mol. The van der Waals surface area contributed by atoms with Crippen molar-refractivity contribution in [3.8, 4) is 11.5 Å². The molecule has 1 aromatic carbocycles. The summed E-state index contributed by atoms with van der Waals surface area (Å²) in [6.07, 6.45) is 1.94. The molecule has 0 aliphatic heterocycles. The minimum absolute atomic E-state index is 0.0882. The fourth-order valence-electron chi connectivity index (χ4n) is 2.56. The first-order chi connectivity index (χ1) is 12.1. The Balaban J connectivity index is 1.71. The number of aryl methyl sites for hydroxylation is 1. The molecule has 0 bridgehead atoms. The molecule has 7 nitrogen and oxygen atoms in total. The van der Waals surface area contributed by atoms with Gasteiger partial charge < -0.3 is 14.4 Å². The average Bonchev–Trinajstić information content (AvgIpc) is 3.28. The van der Waals surface area contributed by atoms with Crippen LogP contribution in [0.2, 0.25) is 0 Å². The lowest BCUT2D eigenvalue weighted by Crippen LogP contribution is -2.24. The number of benzene rings is 1. The van der Waals surface area contributed by atoms with E-state index in [1.165, 1.54) is 6.92 Å². The van der Waals surface area contributed by atoms with Gasteiger partial charge >= 0.3 is 0 Å². The van der Waals surface area contributed by atoms with Gasteiger partial charge in [0.25, 0.3) is 5.91 Å². The zero-order chi connectivity index (χ0) is 17.8. The van der Waals surface area contributed by atoms with Crippen LogP contribution in [0.4, 0.5) is 0 Å². The summed E-state index contributed by atoms with van der Waals surface area (Å²) in [5, 5.41) is 6.65. The predicted octanol–water partition coefficient (Wildman–Crippen LogP) is 2.69. The lowest BCUT2D eigenvalue weighted by molar-refractivity contribution is 0.0932. The maximum atomic E-state index is 12.3. The SMILES string of the molecule is CCn1cccc1-c1noc(CNC(=O)c2ccccc2C(C)=O)n1. The number of nitrogens with zero attached hydrogens (tertiary/aromatic N) is 3. The molecule has 0 spiro atoms. The van der Waals surface area contributed by atoms with Gasteiger partial charge in [-0.05, 0) is 32.0 Å². The fourth-order valence-corrected chi connectivity index (χ4v) is 2.56. The van der Waals surface area contributed by atoms with Crippen LogP contribution in [-0.2, 0) is 13.1 Å². The Kier molecular flexibility index (Phi) is 4.74. The Morgan fingerprint density at radius 1 is 1.16 bits per heavy atom. The van der Waals surface area contributed by atoms with Crippen LogP contribution >= 0.6 is 0 Å². The van der Waals surface area contributed by atoms with Gasteiger partial charge in [0.05, 0.1) is 17.8 Å². The second-order valence-corrected chi connectivity index (χ2v) is 5.48. The maximum absolute atomic E-state index is 12.3. The van der Waals surface area contributed by atoms with Gasteiger partial charge in [-0.3, -0.25) is 9.59 Å². The molecule has 1 N–H and O–H groups in total. The van der Waals surface area contributed by atoms with Crippen molar-refractivity contribution in [2.45, 2.75) is 26.9 Å². The molecule has 7 heteroatoms. The van der Waals surface area contributed by atoms with Crippen LogP contribution in [0, 0.1) is 0 Å². The van der Waals surface area contributed by atoms with Gasteiger partial charge in [0.15, 0.2) is 5.78 Å². The Morgan fingerprint density at radius 3 is 2.64 bits per heavy atom. The number of carbonyl (C=O) groups excluding carboxylic acids is 2. The number of aromatic nitrogens is 3. The van der Waals surface area contributed by atoms with E-state index in [1.807, 2.05) is 29.8 Å². The van der Waals surface area contributed by atoms with Crippen molar-refractivity contribution >= 4 is 11.7 Å². The van der Waals surface area contributed by atoms with Gasteiger partial charge in [0.2, 0.25) is 11.7 Å². The molecule has 1 amide bonds. The standard InChI is InChI=1S/C18H18N4O3/c1-3-22-10-6-9-15(22)17-20-16(25-21-17)11-19-18(24)14-8-5-4-7-13(14)12(2)23/h4-10H,3,11H2,1-2H3,(H,19,24). The summed E-state index contributed by atoms with van der Waals surface area (Å²) >= 11 is 0. The van der Waals surface area contributed by atoms with Gasteiger partial charge in [0, 0.05) is 18.3 Å². The summed E-state index contributed by atoms with van der Waals surface area (Å²) in [5.41, 5.74) is 1.56. The molecule has 2 aromatic heterocycles. The number of amides is 1. The van der Waals surface area contributed by atoms with E-state index in [0.717, 1.165) is 12.2 Å². The van der Waals surface area contributed by atoms with E-state index in [-0.39, 0.29) is 18.2 Å². The molecule has 2 heterocycles. The highest BCUT2D eigenvalue weighted by atomic mass is 16.5. The summed E-state index contributed by atoms with van der Waals surface area (Å²) in [7, 11) is 0. The quantitative estimate of drug-likeness (QED) is 0.698. The van der Waals surface area contributed by atoms with Crippen LogP contribution in [0.3, 0.4) is 0 Å². The van der Waals surface area contributed by atoms with Crippen molar-refractivity contribution in [1.82, 2.24) is 20.0 Å². The summed E-state index contributed by atoms with van der Waals surface area (Å²) in [6, 6.07) is 10.5. The minimum atomic E-state index is -0.359. The van der Waals surface area contributed by atoms with Crippen molar-refractivity contribution in [3.05, 3.63) is 59.6 Å². The summed E-state index contributed by atoms with van der Waals surface area (Å²) in [4.78, 5) is 28.2. The number of rotatable bonds is 6. The lowest BCUT2D eigenvalue weighted by Gasteiger charge is -2.06. The first-order valence-electron chi connectivity index (χ1n) is 7.96. The van der Waals surface area contributed by atoms with E-state index in [9.17, 15) is 9.59 Å². The lowest BCUT2D eigenvalue weighted by atomic mass is 10.0. The zero-order valence-electron chi connectivity index (χ0n) is 14.0. The molecule has 0 unspecified atom stereocenters. The largest absolute Gasteiger partial charge is 0.345 e. The third-order valence-corrected chi connectivity index (χ3v) is 3.82. The molecule has 25 heavy (non-hydrogen) atoms. The van der Waals surface area contributed by atoms with E-state index in [4.69, 9.17) is 4.52 Å². The van der Waals surface area contributed by atoms with E-state index in [0.29, 0.717) is 22.8 Å². The van der Waals surface area contributed by atoms with Crippen LogP contribution in [0.5, 0.6) is 0 Å². The van der Waals surface area contributed by atoms with Gasteiger partial charge in [-0.25, -0.2) is 0 Å². The van der Waals surface area contributed by atoms with E-state index >= 15 is 0 Å². The van der Waals surface area contributed by atoms with Gasteiger partial charge in [-0.15, -0.1) is 0 Å². The van der Waals surface area contributed by atoms with Crippen molar-refractivity contribution in [2.75, 3.05) is 0 Å². The van der Waals surface area contributed by atoms with Crippen LogP contribution in [0.1, 0.15) is 40.5 Å². The number of hydrogen-bond acceptors (Lipinski definition) is 5. The second-order valence-electron chi connectivity index (χ2n) is 5.48. The molecule has 3 aromatic rings. The smallest absolute Gasteiger partial charge is 0.252 e. The van der Waals surface area contributed by atoms with Crippen molar-refractivity contribution in [1.29, 1.82) is 0 Å². The Morgan fingerprint density at radius 2 is 1.92 bits per heavy atom. The molecule has 0 fully saturated rings. The number of hydrogen-bond donors (Lipinski definition) is 1. The number of Topliss-reactive ketones (excluding diaryl/α,β-unsaturated/α-hetero) is 1. The first-order valence-corrected chi connectivity index (χ1v) is 7.96. The van der Waals surface area contributed by atoms with E-state index in [1.54, 1.807) is 24.3 Å². The molecule has 0 aliphatic rings. The maximum Gasteiger partial charge on any atom is 0.252 e. The molecule has 0 atom stereocenters. The van der Waals surface area contributed by atoms with Crippen LogP contribution in [0.15, 0.2) is 47.1 Å². The highest BCUT2D eigenvalue weighted by Gasteiger charge is 2.16. The number of nitrogens with one attached hydrogen (secondary N) is 1. The van der Waals surface area contributed by atoms with Crippen LogP contribution in [-0.4, -0.2) is 26.4 Å². The Labute approximate surface area is 144 Å². The monoisotopic (exact) mass is 338 g/mol. The van der Waals surface area contributed by atoms with E-state index < -0.39 is 0 Å². The summed E-state index contributed by atoms with van der Waals surface area (Å²) in [6.45, 7) is 4.34. The van der Waals surface area contributed by atoms with E-state index in [2.05, 4.69) is 15.5 Å². The van der Waals surface area contributed by atoms with Gasteiger partial charge in [-0.2, -0.15) is 4.98 Å². The van der Waals surface area contributed by atoms with Gasteiger partial charge in [-0.1, -0.05) is 23.4 Å². The van der Waals surface area contributed by atoms with Crippen LogP contribution < -0.4 is 5.32 Å². The molecule has 0 radical (unpaired) electrons. The molecule has 0 saturated carbocycles. The molecular formula is C18H18N4O3. The highest BCUT2D eigenvalue weighted by Crippen LogP contribution is 2.17. The van der Waals surface area contributed by atoms with Crippen molar-refractivity contribution in [2.24, 2.45) is 0 Å². The van der Waals surface area contributed by atoms with Crippen molar-refractivity contribution < 1.29 is 14.1 Å². The number of ketones is 1. The summed E-state index contributed by atoms with van der Waals surface area (Å²) < 4.78 is 7.19. The Hall–Kier alpha value is -3.22. The van der Waals surface area contributed by atoms with Gasteiger partial charge in [0.1, 0.15) is 0 Å². The fraction of sp³-hybridized carbons (Fsp3) is 0.222. The molecule has 128 valence electrons. The second kappa shape index (κ2) is 7.12. The Bertz CT molecular complexity index is 910. The molecule has 0 saturated heterocycles. The third-order valence-electron chi connectivity index (χ3n) is 3.82. The first kappa shape index (κ1) is 16.6.